The van der Waals surface area contributed by atoms with Gasteiger partial charge in [0.25, 0.3) is 10.0 Å². The maximum Gasteiger partial charge on any atom is 0.253 e. The van der Waals surface area contributed by atoms with E-state index in [4.69, 9.17) is 11.6 Å². The Labute approximate surface area is 160 Å². The van der Waals surface area contributed by atoms with Crippen LogP contribution >= 0.6 is 22.9 Å². The number of nitrogens with one attached hydrogen (secondary N) is 1. The van der Waals surface area contributed by atoms with Gasteiger partial charge in [0.05, 0.1) is 4.34 Å². The summed E-state index contributed by atoms with van der Waals surface area (Å²) in [7, 11) is -3.73. The molecule has 1 atom stereocenters. The summed E-state index contributed by atoms with van der Waals surface area (Å²) in [6.45, 7) is 0.674. The molecule has 1 aromatic heterocycles. The second-order valence-electron chi connectivity index (χ2n) is 6.00. The van der Waals surface area contributed by atoms with Crippen LogP contribution in [0.4, 0.5) is 4.39 Å². The number of carbonyl (C=O) groups is 1. The minimum Gasteiger partial charge on any atom is -0.354 e. The molecule has 1 aromatic carbocycles. The molecule has 0 unspecified atom stereocenters. The van der Waals surface area contributed by atoms with Gasteiger partial charge < -0.3 is 5.32 Å². The number of halogens is 2. The largest absolute Gasteiger partial charge is 0.354 e. The van der Waals surface area contributed by atoms with Gasteiger partial charge >= 0.3 is 0 Å². The Kier molecular flexibility index (Phi) is 5.96. The van der Waals surface area contributed by atoms with Gasteiger partial charge in [-0.15, -0.1) is 11.3 Å². The zero-order valence-corrected chi connectivity index (χ0v) is 16.2. The fraction of sp³-hybridized carbons (Fsp3) is 0.353. The van der Waals surface area contributed by atoms with Crippen LogP contribution in [0.1, 0.15) is 18.4 Å². The molecule has 0 saturated carbocycles. The van der Waals surface area contributed by atoms with Gasteiger partial charge in [-0.3, -0.25) is 4.79 Å². The van der Waals surface area contributed by atoms with E-state index in [0.717, 1.165) is 16.9 Å². The molecule has 1 fully saturated rings. The third-order valence-electron chi connectivity index (χ3n) is 4.24. The molecule has 26 heavy (non-hydrogen) atoms. The summed E-state index contributed by atoms with van der Waals surface area (Å²) in [5, 5.41) is 2.78. The second kappa shape index (κ2) is 8.04. The molecule has 9 heteroatoms. The highest BCUT2D eigenvalue weighted by molar-refractivity contribution is 7.91. The average Bonchev–Trinajstić information content (AvgIpc) is 3.26. The second-order valence-corrected chi connectivity index (χ2v) is 9.83. The van der Waals surface area contributed by atoms with Gasteiger partial charge in [-0.2, -0.15) is 4.31 Å². The molecule has 0 aliphatic carbocycles. The molecule has 1 N–H and O–H groups in total. The van der Waals surface area contributed by atoms with Crippen LogP contribution in [0.25, 0.3) is 0 Å². The highest BCUT2D eigenvalue weighted by Gasteiger charge is 2.39. The first-order valence-electron chi connectivity index (χ1n) is 8.17. The Bertz CT molecular complexity index is 884. The van der Waals surface area contributed by atoms with E-state index in [0.29, 0.717) is 36.7 Å². The van der Waals surface area contributed by atoms with E-state index in [2.05, 4.69) is 5.32 Å². The summed E-state index contributed by atoms with van der Waals surface area (Å²) in [5.74, 6) is -0.617. The van der Waals surface area contributed by atoms with E-state index in [-0.39, 0.29) is 15.9 Å². The van der Waals surface area contributed by atoms with Gasteiger partial charge in [0.1, 0.15) is 16.1 Å². The van der Waals surface area contributed by atoms with Crippen molar-refractivity contribution in [1.29, 1.82) is 0 Å². The highest BCUT2D eigenvalue weighted by Crippen LogP contribution is 2.32. The van der Waals surface area contributed by atoms with Gasteiger partial charge in [0.2, 0.25) is 5.91 Å². The summed E-state index contributed by atoms with van der Waals surface area (Å²) >= 11 is 6.83. The minimum atomic E-state index is -3.73. The number of amides is 1. The number of thiophene rings is 1. The van der Waals surface area contributed by atoms with Crippen molar-refractivity contribution >= 4 is 38.9 Å². The number of rotatable bonds is 6. The van der Waals surface area contributed by atoms with Gasteiger partial charge in [-0.25, -0.2) is 12.8 Å². The normalized spacial score (nSPS) is 18.2. The Morgan fingerprint density at radius 1 is 1.27 bits per heavy atom. The molecule has 3 rings (SSSR count). The number of hydrogen-bond acceptors (Lipinski definition) is 4. The Morgan fingerprint density at radius 2 is 2.00 bits per heavy atom. The zero-order chi connectivity index (χ0) is 18.7. The Balaban J connectivity index is 1.62. The van der Waals surface area contributed by atoms with Crippen LogP contribution in [-0.2, 0) is 21.2 Å². The lowest BCUT2D eigenvalue weighted by atomic mass is 10.1. The van der Waals surface area contributed by atoms with Crippen LogP contribution in [0.5, 0.6) is 0 Å². The lowest BCUT2D eigenvalue weighted by Gasteiger charge is -2.22. The van der Waals surface area contributed by atoms with E-state index < -0.39 is 16.1 Å². The molecule has 2 aromatic rings. The molecule has 0 bridgehead atoms. The first kappa shape index (κ1) is 19.3. The molecular formula is C17H18ClFN2O3S2. The van der Waals surface area contributed by atoms with Crippen molar-refractivity contribution in [3.63, 3.8) is 0 Å². The van der Waals surface area contributed by atoms with E-state index in [1.54, 1.807) is 12.1 Å². The highest BCUT2D eigenvalue weighted by atomic mass is 35.5. The fourth-order valence-corrected chi connectivity index (χ4v) is 6.21. The summed E-state index contributed by atoms with van der Waals surface area (Å²) < 4.78 is 40.2. The van der Waals surface area contributed by atoms with Crippen LogP contribution < -0.4 is 5.32 Å². The van der Waals surface area contributed by atoms with Crippen LogP contribution in [0.3, 0.4) is 0 Å². The topological polar surface area (TPSA) is 66.5 Å². The average molecular weight is 417 g/mol. The molecule has 1 aliphatic heterocycles. The van der Waals surface area contributed by atoms with Crippen molar-refractivity contribution in [2.45, 2.75) is 29.5 Å². The molecule has 1 amide bonds. The summed E-state index contributed by atoms with van der Waals surface area (Å²) in [5.41, 5.74) is 0.899. The predicted octanol–water partition coefficient (Wildman–Crippen LogP) is 3.05. The molecule has 2 heterocycles. The van der Waals surface area contributed by atoms with Gasteiger partial charge in [-0.05, 0) is 49.1 Å². The van der Waals surface area contributed by atoms with Gasteiger partial charge in [-0.1, -0.05) is 23.7 Å². The summed E-state index contributed by atoms with van der Waals surface area (Å²) in [4.78, 5) is 12.5. The summed E-state index contributed by atoms with van der Waals surface area (Å²) in [6.07, 6.45) is 1.67. The SMILES string of the molecule is O=C(NCCc1ccc(F)cc1)[C@H]1CCCN1S(=O)(=O)c1ccc(Cl)s1. The number of hydrogen-bond donors (Lipinski definition) is 1. The van der Waals surface area contributed by atoms with Gasteiger partial charge in [0, 0.05) is 13.1 Å². The minimum absolute atomic E-state index is 0.147. The van der Waals surface area contributed by atoms with Crippen molar-refractivity contribution in [2.24, 2.45) is 0 Å². The molecule has 140 valence electrons. The first-order chi connectivity index (χ1) is 12.4. The van der Waals surface area contributed by atoms with Crippen molar-refractivity contribution in [3.05, 3.63) is 52.1 Å². The fourth-order valence-electron chi connectivity index (χ4n) is 2.94. The standard InChI is InChI=1S/C17H18ClFN2O3S2/c18-15-7-8-16(25-15)26(23,24)21-11-1-2-14(21)17(22)20-10-9-12-3-5-13(19)6-4-12/h3-8,14H,1-2,9-11H2,(H,20,22)/t14-/m1/s1. The Morgan fingerprint density at radius 3 is 2.65 bits per heavy atom. The number of carbonyl (C=O) groups excluding carboxylic acids is 1. The van der Waals surface area contributed by atoms with Crippen molar-refractivity contribution in [3.8, 4) is 0 Å². The lowest BCUT2D eigenvalue weighted by Crippen LogP contribution is -2.46. The Hall–Kier alpha value is -1.48. The third kappa shape index (κ3) is 4.25. The number of sulfonamides is 1. The molecular weight excluding hydrogens is 399 g/mol. The first-order valence-corrected chi connectivity index (χ1v) is 10.8. The van der Waals surface area contributed by atoms with Crippen LogP contribution in [0.2, 0.25) is 4.34 Å². The van der Waals surface area contributed by atoms with Crippen molar-refractivity contribution < 1.29 is 17.6 Å². The molecule has 1 aliphatic rings. The zero-order valence-electron chi connectivity index (χ0n) is 13.8. The molecule has 0 spiro atoms. The van der Waals surface area contributed by atoms with Crippen molar-refractivity contribution in [2.75, 3.05) is 13.1 Å². The quantitative estimate of drug-likeness (QED) is 0.787. The number of benzene rings is 1. The van der Waals surface area contributed by atoms with E-state index in [1.165, 1.54) is 28.6 Å². The number of nitrogens with zero attached hydrogens (tertiary/aromatic N) is 1. The van der Waals surface area contributed by atoms with Crippen LogP contribution in [0.15, 0.2) is 40.6 Å². The smallest absolute Gasteiger partial charge is 0.253 e. The maximum absolute atomic E-state index is 12.9. The lowest BCUT2D eigenvalue weighted by molar-refractivity contribution is -0.124. The van der Waals surface area contributed by atoms with Gasteiger partial charge in [0.15, 0.2) is 0 Å². The van der Waals surface area contributed by atoms with E-state index in [1.807, 2.05) is 0 Å². The van der Waals surface area contributed by atoms with E-state index >= 15 is 0 Å². The maximum atomic E-state index is 12.9. The van der Waals surface area contributed by atoms with Crippen LogP contribution in [-0.4, -0.2) is 37.8 Å². The van der Waals surface area contributed by atoms with E-state index in [9.17, 15) is 17.6 Å². The molecule has 5 nitrogen and oxygen atoms in total. The monoisotopic (exact) mass is 416 g/mol. The third-order valence-corrected chi connectivity index (χ3v) is 7.85. The van der Waals surface area contributed by atoms with Crippen LogP contribution in [0, 0.1) is 5.82 Å². The molecule has 1 saturated heterocycles. The van der Waals surface area contributed by atoms with Crippen molar-refractivity contribution in [1.82, 2.24) is 9.62 Å². The molecule has 0 radical (unpaired) electrons. The summed E-state index contributed by atoms with van der Waals surface area (Å²) in [6, 6.07) is 8.34. The predicted molar refractivity (Wildman–Crippen MR) is 99.4 cm³/mol.